The molecule has 3 rings (SSSR count). The van der Waals surface area contributed by atoms with Crippen LogP contribution in [0.1, 0.15) is 35.8 Å². The molecule has 0 unspecified atom stereocenters. The average Bonchev–Trinajstić information content (AvgIpc) is 3.20. The largest absolute Gasteiger partial charge is 0.372 e. The van der Waals surface area contributed by atoms with Gasteiger partial charge in [0.05, 0.1) is 20.5 Å². The summed E-state index contributed by atoms with van der Waals surface area (Å²) in [5.41, 5.74) is 4.33. The van der Waals surface area contributed by atoms with Gasteiger partial charge in [-0.05, 0) is 49.3 Å². The fourth-order valence-corrected chi connectivity index (χ4v) is 3.42. The summed E-state index contributed by atoms with van der Waals surface area (Å²) < 4.78 is 3.04. The van der Waals surface area contributed by atoms with E-state index in [4.69, 9.17) is 4.98 Å². The highest BCUT2D eigenvalue weighted by molar-refractivity contribution is 14.1. The van der Waals surface area contributed by atoms with Crippen molar-refractivity contribution >= 4 is 28.4 Å². The quantitative estimate of drug-likeness (QED) is 0.828. The molecular weight excluding hydrogens is 365 g/mol. The lowest BCUT2D eigenvalue weighted by Gasteiger charge is -2.11. The monoisotopic (exact) mass is 383 g/mol. The van der Waals surface area contributed by atoms with E-state index in [0.717, 1.165) is 32.2 Å². The summed E-state index contributed by atoms with van der Waals surface area (Å²) in [5, 5.41) is 7.66. The Morgan fingerprint density at radius 2 is 1.95 bits per heavy atom. The summed E-state index contributed by atoms with van der Waals surface area (Å²) >= 11 is 2.35. The number of anilines is 1. The van der Waals surface area contributed by atoms with Crippen LogP contribution in [0.3, 0.4) is 0 Å². The molecule has 0 aliphatic heterocycles. The number of aromatic nitrogens is 4. The van der Waals surface area contributed by atoms with Crippen LogP contribution in [0.15, 0.2) is 0 Å². The topological polar surface area (TPSA) is 55.6 Å². The van der Waals surface area contributed by atoms with E-state index in [9.17, 15) is 0 Å². The summed E-state index contributed by atoms with van der Waals surface area (Å²) in [6, 6.07) is 0. The molecule has 2 aromatic heterocycles. The van der Waals surface area contributed by atoms with Gasteiger partial charge in [0, 0.05) is 25.7 Å². The number of nitrogens with one attached hydrogen (secondary N) is 1. The van der Waals surface area contributed by atoms with Gasteiger partial charge in [-0.15, -0.1) is 0 Å². The standard InChI is InChI=1S/C14H18IN5/c1-7-10(8(2)20(4)19-7)13-17-12(9-5-6-9)11(15)14(16-3)18-13/h9H,5-6H2,1-4H3,(H,16,17,18). The normalized spacial score (nSPS) is 14.7. The van der Waals surface area contributed by atoms with E-state index in [-0.39, 0.29) is 0 Å². The van der Waals surface area contributed by atoms with Crippen molar-refractivity contribution in [3.63, 3.8) is 0 Å². The maximum atomic E-state index is 4.84. The first-order valence-electron chi connectivity index (χ1n) is 6.78. The Bertz CT molecular complexity index is 673. The highest BCUT2D eigenvalue weighted by Crippen LogP contribution is 2.43. The maximum Gasteiger partial charge on any atom is 0.165 e. The van der Waals surface area contributed by atoms with Gasteiger partial charge in [-0.25, -0.2) is 9.97 Å². The molecule has 1 fully saturated rings. The van der Waals surface area contributed by atoms with Crippen molar-refractivity contribution in [2.24, 2.45) is 7.05 Å². The van der Waals surface area contributed by atoms with E-state index in [1.807, 2.05) is 25.7 Å². The second-order valence-corrected chi connectivity index (χ2v) is 6.37. The predicted octanol–water partition coefficient (Wildman–Crippen LogP) is 3.02. The Kier molecular flexibility index (Phi) is 3.43. The van der Waals surface area contributed by atoms with E-state index in [1.54, 1.807) is 0 Å². The molecule has 2 aromatic rings. The fraction of sp³-hybridized carbons (Fsp3) is 0.500. The molecule has 1 saturated carbocycles. The third-order valence-corrected chi connectivity index (χ3v) is 4.87. The molecule has 5 nitrogen and oxygen atoms in total. The lowest BCUT2D eigenvalue weighted by Crippen LogP contribution is -2.05. The molecule has 20 heavy (non-hydrogen) atoms. The first kappa shape index (κ1) is 13.8. The van der Waals surface area contributed by atoms with E-state index in [1.165, 1.54) is 18.5 Å². The Hall–Kier alpha value is -1.18. The molecule has 0 spiro atoms. The fourth-order valence-electron chi connectivity index (χ4n) is 2.47. The number of rotatable bonds is 3. The summed E-state index contributed by atoms with van der Waals surface area (Å²) in [6.45, 7) is 4.08. The van der Waals surface area contributed by atoms with E-state index in [2.05, 4.69) is 44.9 Å². The zero-order chi connectivity index (χ0) is 14.4. The highest BCUT2D eigenvalue weighted by atomic mass is 127. The number of hydrogen-bond donors (Lipinski definition) is 1. The van der Waals surface area contributed by atoms with Crippen LogP contribution in [-0.2, 0) is 7.05 Å². The van der Waals surface area contributed by atoms with Crippen molar-refractivity contribution in [3.05, 3.63) is 20.7 Å². The minimum atomic E-state index is 0.605. The van der Waals surface area contributed by atoms with Crippen LogP contribution in [0.5, 0.6) is 0 Å². The highest BCUT2D eigenvalue weighted by Gasteiger charge is 2.30. The average molecular weight is 383 g/mol. The minimum Gasteiger partial charge on any atom is -0.372 e. The lowest BCUT2D eigenvalue weighted by molar-refractivity contribution is 0.731. The molecule has 0 atom stereocenters. The van der Waals surface area contributed by atoms with Crippen molar-refractivity contribution in [2.45, 2.75) is 32.6 Å². The van der Waals surface area contributed by atoms with Gasteiger partial charge in [-0.2, -0.15) is 5.10 Å². The second-order valence-electron chi connectivity index (χ2n) is 5.29. The molecule has 106 valence electrons. The summed E-state index contributed by atoms with van der Waals surface area (Å²) in [5.74, 6) is 2.31. The molecule has 0 amide bonds. The molecule has 2 heterocycles. The molecular formula is C14H18IN5. The van der Waals surface area contributed by atoms with Gasteiger partial charge >= 0.3 is 0 Å². The first-order chi connectivity index (χ1) is 9.52. The molecule has 1 N–H and O–H groups in total. The van der Waals surface area contributed by atoms with Crippen LogP contribution in [0.2, 0.25) is 0 Å². The van der Waals surface area contributed by atoms with Crippen molar-refractivity contribution in [3.8, 4) is 11.4 Å². The zero-order valence-corrected chi connectivity index (χ0v) is 14.3. The Labute approximate surface area is 132 Å². The van der Waals surface area contributed by atoms with Gasteiger partial charge < -0.3 is 5.32 Å². The SMILES string of the molecule is CNc1nc(-c2c(C)nn(C)c2C)nc(C2CC2)c1I. The van der Waals surface area contributed by atoms with Crippen molar-refractivity contribution in [1.82, 2.24) is 19.7 Å². The molecule has 1 aliphatic rings. The number of halogens is 1. The van der Waals surface area contributed by atoms with Crippen molar-refractivity contribution in [1.29, 1.82) is 0 Å². The molecule has 0 aromatic carbocycles. The minimum absolute atomic E-state index is 0.605. The van der Waals surface area contributed by atoms with Gasteiger partial charge in [0.1, 0.15) is 5.82 Å². The predicted molar refractivity (Wildman–Crippen MR) is 87.9 cm³/mol. The van der Waals surface area contributed by atoms with E-state index < -0.39 is 0 Å². The maximum absolute atomic E-state index is 4.84. The number of hydrogen-bond acceptors (Lipinski definition) is 4. The van der Waals surface area contributed by atoms with Gasteiger partial charge in [0.25, 0.3) is 0 Å². The summed E-state index contributed by atoms with van der Waals surface area (Å²) in [4.78, 5) is 9.52. The van der Waals surface area contributed by atoms with Gasteiger partial charge in [0.2, 0.25) is 0 Å². The Morgan fingerprint density at radius 1 is 1.25 bits per heavy atom. The van der Waals surface area contributed by atoms with Crippen molar-refractivity contribution in [2.75, 3.05) is 12.4 Å². The van der Waals surface area contributed by atoms with Crippen LogP contribution >= 0.6 is 22.6 Å². The van der Waals surface area contributed by atoms with Crippen LogP contribution < -0.4 is 5.32 Å². The Balaban J connectivity index is 2.20. The molecule has 0 radical (unpaired) electrons. The van der Waals surface area contributed by atoms with Crippen LogP contribution in [0, 0.1) is 17.4 Å². The molecule has 0 saturated heterocycles. The van der Waals surface area contributed by atoms with Gasteiger partial charge in [0.15, 0.2) is 5.82 Å². The van der Waals surface area contributed by atoms with E-state index in [0.29, 0.717) is 5.92 Å². The molecule has 1 aliphatic carbocycles. The molecule has 6 heteroatoms. The third-order valence-electron chi connectivity index (χ3n) is 3.81. The third kappa shape index (κ3) is 2.19. The second kappa shape index (κ2) is 4.98. The molecule has 0 bridgehead atoms. The smallest absolute Gasteiger partial charge is 0.165 e. The van der Waals surface area contributed by atoms with Crippen LogP contribution in [0.4, 0.5) is 5.82 Å². The van der Waals surface area contributed by atoms with Gasteiger partial charge in [-0.1, -0.05) is 0 Å². The van der Waals surface area contributed by atoms with Crippen LogP contribution in [-0.4, -0.2) is 26.8 Å². The lowest BCUT2D eigenvalue weighted by atomic mass is 10.1. The van der Waals surface area contributed by atoms with Crippen molar-refractivity contribution < 1.29 is 0 Å². The zero-order valence-electron chi connectivity index (χ0n) is 12.2. The number of aryl methyl sites for hydroxylation is 2. The van der Waals surface area contributed by atoms with Crippen LogP contribution in [0.25, 0.3) is 11.4 Å². The van der Waals surface area contributed by atoms with E-state index >= 15 is 0 Å². The van der Waals surface area contributed by atoms with Gasteiger partial charge in [-0.3, -0.25) is 4.68 Å². The Morgan fingerprint density at radius 3 is 2.45 bits per heavy atom. The summed E-state index contributed by atoms with van der Waals surface area (Å²) in [7, 11) is 3.87. The first-order valence-corrected chi connectivity index (χ1v) is 7.86. The number of nitrogens with zero attached hydrogens (tertiary/aromatic N) is 4. The summed E-state index contributed by atoms with van der Waals surface area (Å²) in [6.07, 6.45) is 2.47.